The highest BCUT2D eigenvalue weighted by atomic mass is 16.5. The van der Waals surface area contributed by atoms with Crippen molar-refractivity contribution in [1.82, 2.24) is 0 Å². The Kier molecular flexibility index (Phi) is 6.77. The van der Waals surface area contributed by atoms with Gasteiger partial charge in [-0.2, -0.15) is 0 Å². The number of para-hydroxylation sites is 1. The van der Waals surface area contributed by atoms with Crippen LogP contribution < -0.4 is 10.1 Å². The van der Waals surface area contributed by atoms with Gasteiger partial charge in [0.05, 0.1) is 6.61 Å². The van der Waals surface area contributed by atoms with Crippen molar-refractivity contribution in [3.8, 4) is 5.75 Å². The van der Waals surface area contributed by atoms with Gasteiger partial charge in [0, 0.05) is 17.3 Å². The van der Waals surface area contributed by atoms with Gasteiger partial charge >= 0.3 is 5.97 Å². The monoisotopic (exact) mass is 339 g/mol. The number of hydrogen-bond donors (Lipinski definition) is 1. The summed E-state index contributed by atoms with van der Waals surface area (Å²) in [5.74, 6) is -0.293. The normalized spacial score (nSPS) is 10.5. The SMILES string of the molecule is CCOc1ccccc1/C=C/C(=O)OCC(=O)Nc1cccc(C)c1. The Balaban J connectivity index is 1.85. The maximum atomic E-state index is 11.8. The zero-order valence-electron chi connectivity index (χ0n) is 14.3. The van der Waals surface area contributed by atoms with Gasteiger partial charge in [-0.1, -0.05) is 30.3 Å². The van der Waals surface area contributed by atoms with Crippen molar-refractivity contribution in [2.45, 2.75) is 13.8 Å². The summed E-state index contributed by atoms with van der Waals surface area (Å²) in [5.41, 5.74) is 2.47. The van der Waals surface area contributed by atoms with Gasteiger partial charge in [0.25, 0.3) is 5.91 Å². The maximum absolute atomic E-state index is 11.8. The van der Waals surface area contributed by atoms with Crippen LogP contribution in [0.15, 0.2) is 54.6 Å². The van der Waals surface area contributed by atoms with Gasteiger partial charge in [-0.05, 0) is 43.7 Å². The van der Waals surface area contributed by atoms with Crippen LogP contribution in [0.5, 0.6) is 5.75 Å². The van der Waals surface area contributed by atoms with Crippen LogP contribution in [0.3, 0.4) is 0 Å². The van der Waals surface area contributed by atoms with Gasteiger partial charge in [-0.15, -0.1) is 0 Å². The second-order valence-electron chi connectivity index (χ2n) is 5.33. The summed E-state index contributed by atoms with van der Waals surface area (Å²) in [7, 11) is 0. The van der Waals surface area contributed by atoms with E-state index in [4.69, 9.17) is 9.47 Å². The predicted molar refractivity (Wildman–Crippen MR) is 97.4 cm³/mol. The number of carbonyl (C=O) groups excluding carboxylic acids is 2. The van der Waals surface area contributed by atoms with E-state index in [0.717, 1.165) is 11.1 Å². The molecule has 25 heavy (non-hydrogen) atoms. The van der Waals surface area contributed by atoms with Gasteiger partial charge in [0.1, 0.15) is 5.75 Å². The largest absolute Gasteiger partial charge is 0.493 e. The molecule has 0 aliphatic rings. The number of ether oxygens (including phenoxy) is 2. The highest BCUT2D eigenvalue weighted by molar-refractivity contribution is 5.94. The molecule has 0 fully saturated rings. The Morgan fingerprint density at radius 2 is 1.92 bits per heavy atom. The number of rotatable bonds is 7. The number of carbonyl (C=O) groups is 2. The van der Waals surface area contributed by atoms with E-state index in [2.05, 4.69) is 5.32 Å². The minimum atomic E-state index is -0.592. The summed E-state index contributed by atoms with van der Waals surface area (Å²) in [6, 6.07) is 14.7. The summed E-state index contributed by atoms with van der Waals surface area (Å²) >= 11 is 0. The first-order chi connectivity index (χ1) is 12.1. The number of aryl methyl sites for hydroxylation is 1. The third-order valence-electron chi connectivity index (χ3n) is 3.27. The second kappa shape index (κ2) is 9.27. The highest BCUT2D eigenvalue weighted by Gasteiger charge is 2.06. The molecule has 5 nitrogen and oxygen atoms in total. The third-order valence-corrected chi connectivity index (χ3v) is 3.27. The number of hydrogen-bond acceptors (Lipinski definition) is 4. The van der Waals surface area contributed by atoms with E-state index in [-0.39, 0.29) is 12.5 Å². The molecule has 2 aromatic carbocycles. The molecule has 0 radical (unpaired) electrons. The standard InChI is InChI=1S/C20H21NO4/c1-3-24-18-10-5-4-8-16(18)11-12-20(23)25-14-19(22)21-17-9-6-7-15(2)13-17/h4-13H,3,14H2,1-2H3,(H,21,22)/b12-11+. The molecule has 0 saturated carbocycles. The molecule has 0 bridgehead atoms. The number of nitrogens with one attached hydrogen (secondary N) is 1. The summed E-state index contributed by atoms with van der Waals surface area (Å²) in [6.07, 6.45) is 2.88. The average molecular weight is 339 g/mol. The first kappa shape index (κ1) is 18.3. The van der Waals surface area contributed by atoms with Crippen molar-refractivity contribution in [3.63, 3.8) is 0 Å². The minimum Gasteiger partial charge on any atom is -0.493 e. The van der Waals surface area contributed by atoms with E-state index >= 15 is 0 Å². The summed E-state index contributed by atoms with van der Waals surface area (Å²) in [6.45, 7) is 4.01. The first-order valence-electron chi connectivity index (χ1n) is 8.01. The molecular weight excluding hydrogens is 318 g/mol. The van der Waals surface area contributed by atoms with Crippen molar-refractivity contribution < 1.29 is 19.1 Å². The van der Waals surface area contributed by atoms with Gasteiger partial charge in [-0.3, -0.25) is 4.79 Å². The molecule has 1 N–H and O–H groups in total. The van der Waals surface area contributed by atoms with Crippen LogP contribution in [0.1, 0.15) is 18.1 Å². The van der Waals surface area contributed by atoms with E-state index in [1.54, 1.807) is 12.1 Å². The lowest BCUT2D eigenvalue weighted by Gasteiger charge is -2.07. The van der Waals surface area contributed by atoms with Gasteiger partial charge in [0.15, 0.2) is 6.61 Å². The van der Waals surface area contributed by atoms with Crippen LogP contribution in [0.25, 0.3) is 6.08 Å². The third kappa shape index (κ3) is 6.14. The van der Waals surface area contributed by atoms with Gasteiger partial charge in [-0.25, -0.2) is 4.79 Å². The van der Waals surface area contributed by atoms with Crippen LogP contribution in [-0.4, -0.2) is 25.1 Å². The molecule has 1 amide bonds. The Morgan fingerprint density at radius 3 is 2.68 bits per heavy atom. The molecule has 0 aliphatic carbocycles. The topological polar surface area (TPSA) is 64.6 Å². The van der Waals surface area contributed by atoms with Crippen molar-refractivity contribution in [2.24, 2.45) is 0 Å². The Morgan fingerprint density at radius 1 is 1.12 bits per heavy atom. The maximum Gasteiger partial charge on any atom is 0.331 e. The number of esters is 1. The highest BCUT2D eigenvalue weighted by Crippen LogP contribution is 2.19. The summed E-state index contributed by atoms with van der Waals surface area (Å²) in [4.78, 5) is 23.6. The number of benzene rings is 2. The smallest absolute Gasteiger partial charge is 0.331 e. The minimum absolute atomic E-state index is 0.343. The molecule has 0 atom stereocenters. The van der Waals surface area contributed by atoms with Crippen LogP contribution in [0, 0.1) is 6.92 Å². The lowest BCUT2D eigenvalue weighted by Crippen LogP contribution is -2.20. The molecule has 0 saturated heterocycles. The Labute approximate surface area is 147 Å². The fraction of sp³-hybridized carbons (Fsp3) is 0.200. The van der Waals surface area contributed by atoms with E-state index < -0.39 is 5.97 Å². The fourth-order valence-corrected chi connectivity index (χ4v) is 2.17. The molecule has 5 heteroatoms. The molecule has 0 heterocycles. The fourth-order valence-electron chi connectivity index (χ4n) is 2.17. The zero-order chi connectivity index (χ0) is 18.1. The molecule has 130 valence electrons. The van der Waals surface area contributed by atoms with Crippen molar-refractivity contribution in [1.29, 1.82) is 0 Å². The lowest BCUT2D eigenvalue weighted by molar-refractivity contribution is -0.142. The van der Waals surface area contributed by atoms with Crippen molar-refractivity contribution >= 4 is 23.6 Å². The average Bonchev–Trinajstić information content (AvgIpc) is 2.59. The quantitative estimate of drug-likeness (QED) is 0.618. The predicted octanol–water partition coefficient (Wildman–Crippen LogP) is 3.59. The van der Waals surface area contributed by atoms with Gasteiger partial charge in [0.2, 0.25) is 0 Å². The molecule has 0 aliphatic heterocycles. The second-order valence-corrected chi connectivity index (χ2v) is 5.33. The molecule has 0 spiro atoms. The summed E-state index contributed by atoms with van der Waals surface area (Å²) in [5, 5.41) is 2.68. The Bertz CT molecular complexity index is 768. The molecule has 2 rings (SSSR count). The molecule has 0 unspecified atom stereocenters. The number of amides is 1. The first-order valence-corrected chi connectivity index (χ1v) is 8.01. The van der Waals surface area contributed by atoms with E-state index in [9.17, 15) is 9.59 Å². The Hall–Kier alpha value is -3.08. The molecule has 0 aromatic heterocycles. The van der Waals surface area contributed by atoms with Crippen molar-refractivity contribution in [2.75, 3.05) is 18.5 Å². The van der Waals surface area contributed by atoms with Gasteiger partial charge < -0.3 is 14.8 Å². The number of anilines is 1. The van der Waals surface area contributed by atoms with Crippen LogP contribution in [0.2, 0.25) is 0 Å². The van der Waals surface area contributed by atoms with Crippen LogP contribution in [-0.2, 0) is 14.3 Å². The molecule has 2 aromatic rings. The van der Waals surface area contributed by atoms with Crippen LogP contribution in [0.4, 0.5) is 5.69 Å². The lowest BCUT2D eigenvalue weighted by atomic mass is 10.2. The van der Waals surface area contributed by atoms with E-state index in [1.807, 2.05) is 56.3 Å². The summed E-state index contributed by atoms with van der Waals surface area (Å²) < 4.78 is 10.4. The van der Waals surface area contributed by atoms with E-state index in [0.29, 0.717) is 18.0 Å². The van der Waals surface area contributed by atoms with Crippen LogP contribution >= 0.6 is 0 Å². The zero-order valence-corrected chi connectivity index (χ0v) is 14.3. The van der Waals surface area contributed by atoms with E-state index in [1.165, 1.54) is 6.08 Å². The molecular formula is C20H21NO4. The van der Waals surface area contributed by atoms with Crippen molar-refractivity contribution in [3.05, 3.63) is 65.7 Å².